The molecule has 1 saturated heterocycles. The summed E-state index contributed by atoms with van der Waals surface area (Å²) in [6, 6.07) is 0. The number of nitrogens with zero attached hydrogens (tertiary/aromatic N) is 1. The van der Waals surface area contributed by atoms with Crippen LogP contribution in [0.1, 0.15) is 6.42 Å². The molecule has 0 spiro atoms. The average molecular weight is 156 g/mol. The van der Waals surface area contributed by atoms with E-state index in [0.717, 1.165) is 0 Å². The second-order valence-electron chi connectivity index (χ2n) is 1.59. The van der Waals surface area contributed by atoms with Gasteiger partial charge >= 0.3 is 0 Å². The van der Waals surface area contributed by atoms with E-state index < -0.39 is 5.50 Å². The minimum atomic E-state index is -0.502. The molecule has 2 atom stereocenters. The Labute approximate surface area is 57.1 Å². The van der Waals surface area contributed by atoms with E-state index in [1.807, 2.05) is 0 Å². The van der Waals surface area contributed by atoms with Crippen LogP contribution in [0.15, 0.2) is 0 Å². The fraction of sp³-hybridized carbons (Fsp3) is 1.00. The van der Waals surface area contributed by atoms with E-state index in [2.05, 4.69) is 5.43 Å². The first-order chi connectivity index (χ1) is 3.70. The number of hydroxylamine groups is 1. The van der Waals surface area contributed by atoms with E-state index in [1.165, 1.54) is 0 Å². The molecule has 0 aromatic rings. The Morgan fingerprint density at radius 1 is 1.62 bits per heavy atom. The van der Waals surface area contributed by atoms with Crippen molar-refractivity contribution in [2.24, 2.45) is 0 Å². The van der Waals surface area contributed by atoms with Crippen LogP contribution < -0.4 is 5.43 Å². The van der Waals surface area contributed by atoms with Crippen LogP contribution in [-0.4, -0.2) is 16.2 Å². The lowest BCUT2D eigenvalue weighted by atomic mass is 10.5. The lowest BCUT2D eigenvalue weighted by Gasteiger charge is -2.24. The quantitative estimate of drug-likeness (QED) is 0.416. The fourth-order valence-corrected chi connectivity index (χ4v) is 1.13. The predicted octanol–water partition coefficient (Wildman–Crippen LogP) is 0.824. The largest absolute Gasteiger partial charge is 0.771 e. The molecule has 1 aliphatic heterocycles. The number of hydrogen-bond donors (Lipinski definition) is 1. The maximum atomic E-state index is 10.4. The molecule has 0 radical (unpaired) electrons. The monoisotopic (exact) mass is 155 g/mol. The van der Waals surface area contributed by atoms with Crippen LogP contribution in [0.2, 0.25) is 0 Å². The van der Waals surface area contributed by atoms with Gasteiger partial charge in [-0.25, -0.2) is 5.43 Å². The number of hydrogen-bond acceptors (Lipinski definition) is 3. The van der Waals surface area contributed by atoms with Crippen LogP contribution in [-0.2, 0) is 0 Å². The van der Waals surface area contributed by atoms with Crippen LogP contribution >= 0.6 is 23.2 Å². The molecule has 2 unspecified atom stereocenters. The first kappa shape index (κ1) is 6.58. The molecular formula is C3H5Cl2N2O-. The lowest BCUT2D eigenvalue weighted by Crippen LogP contribution is -2.30. The maximum Gasteiger partial charge on any atom is 0.0971 e. The standard InChI is InChI=1S/C3H5Cl2N2O/c4-2-1-3(5)7(8)6-2/h2-3,6H,1H2/q-1. The summed E-state index contributed by atoms with van der Waals surface area (Å²) in [7, 11) is 0. The highest BCUT2D eigenvalue weighted by Crippen LogP contribution is 2.18. The summed E-state index contributed by atoms with van der Waals surface area (Å²) in [5, 5.41) is 10.9. The van der Waals surface area contributed by atoms with Crippen LogP contribution in [0.25, 0.3) is 0 Å². The highest BCUT2D eigenvalue weighted by atomic mass is 35.5. The molecular weight excluding hydrogens is 151 g/mol. The van der Waals surface area contributed by atoms with E-state index in [1.54, 1.807) is 0 Å². The normalized spacial score (nSPS) is 40.9. The van der Waals surface area contributed by atoms with Crippen molar-refractivity contribution in [3.63, 3.8) is 0 Å². The molecule has 1 heterocycles. The smallest absolute Gasteiger partial charge is 0.0971 e. The molecule has 8 heavy (non-hydrogen) atoms. The summed E-state index contributed by atoms with van der Waals surface area (Å²) in [5.41, 5.74) is 1.58. The minimum Gasteiger partial charge on any atom is -0.771 e. The third kappa shape index (κ3) is 1.24. The molecule has 0 amide bonds. The zero-order valence-corrected chi connectivity index (χ0v) is 5.49. The SMILES string of the molecule is [O-]N1NC(Cl)CC1Cl. The van der Waals surface area contributed by atoms with Crippen molar-refractivity contribution < 1.29 is 0 Å². The molecule has 1 aliphatic rings. The average Bonchev–Trinajstić information content (AvgIpc) is 1.85. The predicted molar refractivity (Wildman–Crippen MR) is 32.2 cm³/mol. The molecule has 0 bridgehead atoms. The van der Waals surface area contributed by atoms with Gasteiger partial charge in [0.25, 0.3) is 0 Å². The molecule has 48 valence electrons. The van der Waals surface area contributed by atoms with E-state index >= 15 is 0 Å². The Morgan fingerprint density at radius 2 is 2.25 bits per heavy atom. The van der Waals surface area contributed by atoms with Crippen LogP contribution in [0.3, 0.4) is 0 Å². The lowest BCUT2D eigenvalue weighted by molar-refractivity contribution is 0.329. The van der Waals surface area contributed by atoms with Gasteiger partial charge in [-0.1, -0.05) is 0 Å². The Hall–Kier alpha value is 0.460. The van der Waals surface area contributed by atoms with E-state index in [0.29, 0.717) is 11.6 Å². The molecule has 0 aromatic carbocycles. The van der Waals surface area contributed by atoms with Gasteiger partial charge in [0.15, 0.2) is 0 Å². The maximum absolute atomic E-state index is 10.4. The number of rotatable bonds is 0. The van der Waals surface area contributed by atoms with Crippen LogP contribution in [0.5, 0.6) is 0 Å². The molecule has 1 N–H and O–H groups in total. The van der Waals surface area contributed by atoms with Crippen molar-refractivity contribution in [1.29, 1.82) is 0 Å². The number of alkyl halides is 2. The van der Waals surface area contributed by atoms with Gasteiger partial charge in [-0.3, -0.25) is 0 Å². The van der Waals surface area contributed by atoms with Crippen LogP contribution in [0.4, 0.5) is 0 Å². The third-order valence-corrected chi connectivity index (χ3v) is 1.55. The fourth-order valence-electron chi connectivity index (χ4n) is 0.538. The van der Waals surface area contributed by atoms with Gasteiger partial charge in [0, 0.05) is 6.42 Å². The first-order valence-electron chi connectivity index (χ1n) is 2.21. The molecule has 0 saturated carbocycles. The van der Waals surface area contributed by atoms with E-state index in [4.69, 9.17) is 23.2 Å². The van der Waals surface area contributed by atoms with E-state index in [-0.39, 0.29) is 5.50 Å². The molecule has 1 fully saturated rings. The van der Waals surface area contributed by atoms with Gasteiger partial charge in [-0.15, -0.1) is 23.2 Å². The number of hydrazine groups is 1. The summed E-state index contributed by atoms with van der Waals surface area (Å²) >= 11 is 10.9. The molecule has 0 aromatic heterocycles. The van der Waals surface area contributed by atoms with Gasteiger partial charge < -0.3 is 10.4 Å². The molecule has 3 nitrogen and oxygen atoms in total. The van der Waals surface area contributed by atoms with Gasteiger partial charge in [0.05, 0.1) is 11.0 Å². The second-order valence-corrected chi connectivity index (χ2v) is 2.62. The van der Waals surface area contributed by atoms with Gasteiger partial charge in [-0.2, -0.15) is 0 Å². The number of nitrogens with one attached hydrogen (secondary N) is 1. The Bertz CT molecular complexity index is 81.4. The van der Waals surface area contributed by atoms with Gasteiger partial charge in [0.2, 0.25) is 0 Å². The minimum absolute atomic E-state index is 0.296. The molecule has 0 aliphatic carbocycles. The van der Waals surface area contributed by atoms with E-state index in [9.17, 15) is 5.21 Å². The first-order valence-corrected chi connectivity index (χ1v) is 3.08. The van der Waals surface area contributed by atoms with Crippen molar-refractivity contribution >= 4 is 23.2 Å². The topological polar surface area (TPSA) is 38.3 Å². The summed E-state index contributed by atoms with van der Waals surface area (Å²) in [6.07, 6.45) is 0.493. The highest BCUT2D eigenvalue weighted by Gasteiger charge is 2.21. The summed E-state index contributed by atoms with van der Waals surface area (Å²) in [5.74, 6) is 0. The highest BCUT2D eigenvalue weighted by molar-refractivity contribution is 6.23. The second kappa shape index (κ2) is 2.37. The Balaban J connectivity index is 2.39. The van der Waals surface area contributed by atoms with Crippen molar-refractivity contribution in [2.75, 3.05) is 0 Å². The summed E-state index contributed by atoms with van der Waals surface area (Å²) < 4.78 is 0. The molecule has 1 rings (SSSR count). The van der Waals surface area contributed by atoms with Crippen molar-refractivity contribution in [1.82, 2.24) is 10.6 Å². The van der Waals surface area contributed by atoms with Crippen LogP contribution in [0, 0.1) is 5.21 Å². The van der Waals surface area contributed by atoms with Crippen molar-refractivity contribution in [3.8, 4) is 0 Å². The number of halogens is 2. The zero-order valence-electron chi connectivity index (χ0n) is 3.97. The Kier molecular flexibility index (Phi) is 1.95. The summed E-state index contributed by atoms with van der Waals surface area (Å²) in [4.78, 5) is 0. The summed E-state index contributed by atoms with van der Waals surface area (Å²) in [6.45, 7) is 0. The third-order valence-electron chi connectivity index (χ3n) is 0.923. The molecule has 5 heteroatoms. The van der Waals surface area contributed by atoms with Crippen molar-refractivity contribution in [2.45, 2.75) is 17.4 Å². The Morgan fingerprint density at radius 3 is 2.38 bits per heavy atom. The zero-order chi connectivity index (χ0) is 6.15. The van der Waals surface area contributed by atoms with Gasteiger partial charge in [-0.05, 0) is 0 Å². The van der Waals surface area contributed by atoms with Gasteiger partial charge in [0.1, 0.15) is 0 Å². The van der Waals surface area contributed by atoms with Crippen molar-refractivity contribution in [3.05, 3.63) is 5.21 Å².